The van der Waals surface area contributed by atoms with E-state index in [0.29, 0.717) is 35.4 Å². The molecule has 0 heterocycles. The maximum atomic E-state index is 13.0. The fourth-order valence-corrected chi connectivity index (χ4v) is 3.51. The van der Waals surface area contributed by atoms with Crippen LogP contribution in [0.15, 0.2) is 42.5 Å². The minimum absolute atomic E-state index is 0.145. The number of methoxy groups -OCH3 is 1. The number of carbonyl (C=O) groups excluding carboxylic acids is 2. The van der Waals surface area contributed by atoms with Gasteiger partial charge in [0.15, 0.2) is 0 Å². The van der Waals surface area contributed by atoms with Gasteiger partial charge in [-0.05, 0) is 61.7 Å². The first-order valence-electron chi connectivity index (χ1n) is 10.6. The Morgan fingerprint density at radius 2 is 1.78 bits per heavy atom. The SMILES string of the molecule is CCCNC(=O)[C@@H](C)N(Cc1ccc(Cl)cc1Cl)C(=O)CCCOc1ccc(OC)cc1. The van der Waals surface area contributed by atoms with Gasteiger partial charge < -0.3 is 19.7 Å². The number of nitrogens with one attached hydrogen (secondary N) is 1. The predicted octanol–water partition coefficient (Wildman–Crippen LogP) is 5.10. The second-order valence-electron chi connectivity index (χ2n) is 7.35. The maximum absolute atomic E-state index is 13.0. The Morgan fingerprint density at radius 3 is 2.41 bits per heavy atom. The third kappa shape index (κ3) is 7.92. The van der Waals surface area contributed by atoms with Crippen LogP contribution in [0.4, 0.5) is 0 Å². The molecule has 6 nitrogen and oxygen atoms in total. The minimum atomic E-state index is -0.636. The fourth-order valence-electron chi connectivity index (χ4n) is 3.04. The highest BCUT2D eigenvalue weighted by molar-refractivity contribution is 6.35. The molecule has 1 atom stereocenters. The Kier molecular flexibility index (Phi) is 10.6. The Labute approximate surface area is 199 Å². The molecule has 0 radical (unpaired) electrons. The van der Waals surface area contributed by atoms with Crippen LogP contribution < -0.4 is 14.8 Å². The van der Waals surface area contributed by atoms with Crippen LogP contribution in [0, 0.1) is 0 Å². The van der Waals surface area contributed by atoms with E-state index >= 15 is 0 Å². The van der Waals surface area contributed by atoms with Gasteiger partial charge in [-0.15, -0.1) is 0 Å². The highest BCUT2D eigenvalue weighted by Crippen LogP contribution is 2.24. The second-order valence-corrected chi connectivity index (χ2v) is 8.20. The average Bonchev–Trinajstić information content (AvgIpc) is 2.79. The molecule has 2 amide bonds. The smallest absolute Gasteiger partial charge is 0.242 e. The summed E-state index contributed by atoms with van der Waals surface area (Å²) in [4.78, 5) is 27.1. The summed E-state index contributed by atoms with van der Waals surface area (Å²) in [6.45, 7) is 4.85. The van der Waals surface area contributed by atoms with Gasteiger partial charge in [0, 0.05) is 29.6 Å². The predicted molar refractivity (Wildman–Crippen MR) is 127 cm³/mol. The van der Waals surface area contributed by atoms with Crippen LogP contribution >= 0.6 is 23.2 Å². The van der Waals surface area contributed by atoms with Crippen LogP contribution in [0.3, 0.4) is 0 Å². The first-order chi connectivity index (χ1) is 15.3. The van der Waals surface area contributed by atoms with Crippen molar-refractivity contribution >= 4 is 35.0 Å². The molecular formula is C24H30Cl2N2O4. The van der Waals surface area contributed by atoms with Crippen molar-refractivity contribution in [1.29, 1.82) is 0 Å². The van der Waals surface area contributed by atoms with Crippen molar-refractivity contribution in [3.8, 4) is 11.5 Å². The number of hydrogen-bond donors (Lipinski definition) is 1. The number of amides is 2. The van der Waals surface area contributed by atoms with Crippen LogP contribution in [-0.2, 0) is 16.1 Å². The van der Waals surface area contributed by atoms with Crippen molar-refractivity contribution in [2.75, 3.05) is 20.3 Å². The summed E-state index contributed by atoms with van der Waals surface area (Å²) < 4.78 is 10.8. The lowest BCUT2D eigenvalue weighted by atomic mass is 10.1. The summed E-state index contributed by atoms with van der Waals surface area (Å²) in [6.07, 6.45) is 1.57. The van der Waals surface area contributed by atoms with E-state index in [9.17, 15) is 9.59 Å². The summed E-state index contributed by atoms with van der Waals surface area (Å²) in [6, 6.07) is 11.7. The molecule has 2 aromatic rings. The van der Waals surface area contributed by atoms with E-state index in [4.69, 9.17) is 32.7 Å². The fraction of sp³-hybridized carbons (Fsp3) is 0.417. The van der Waals surface area contributed by atoms with Crippen LogP contribution in [0.25, 0.3) is 0 Å². The zero-order chi connectivity index (χ0) is 23.5. The molecule has 0 aliphatic carbocycles. The van der Waals surface area contributed by atoms with Gasteiger partial charge in [-0.2, -0.15) is 0 Å². The molecule has 0 aliphatic rings. The number of halogens is 2. The van der Waals surface area contributed by atoms with E-state index in [-0.39, 0.29) is 24.8 Å². The molecule has 0 bridgehead atoms. The third-order valence-electron chi connectivity index (χ3n) is 4.94. The molecule has 0 unspecified atom stereocenters. The van der Waals surface area contributed by atoms with Crippen molar-refractivity contribution in [1.82, 2.24) is 10.2 Å². The third-order valence-corrected chi connectivity index (χ3v) is 5.52. The quantitative estimate of drug-likeness (QED) is 0.428. The molecular weight excluding hydrogens is 451 g/mol. The molecule has 0 aliphatic heterocycles. The van der Waals surface area contributed by atoms with Crippen molar-refractivity contribution in [2.45, 2.75) is 45.7 Å². The van der Waals surface area contributed by atoms with Gasteiger partial charge in [-0.25, -0.2) is 0 Å². The summed E-state index contributed by atoms with van der Waals surface area (Å²) in [7, 11) is 1.61. The number of hydrogen-bond acceptors (Lipinski definition) is 4. The lowest BCUT2D eigenvalue weighted by molar-refractivity contribution is -0.140. The molecule has 0 spiro atoms. The topological polar surface area (TPSA) is 67.9 Å². The molecule has 8 heteroatoms. The Morgan fingerprint density at radius 1 is 1.09 bits per heavy atom. The molecule has 0 aromatic heterocycles. The van der Waals surface area contributed by atoms with Gasteiger partial charge in [0.2, 0.25) is 11.8 Å². The van der Waals surface area contributed by atoms with Crippen LogP contribution in [0.5, 0.6) is 11.5 Å². The van der Waals surface area contributed by atoms with E-state index in [1.165, 1.54) is 0 Å². The second kappa shape index (κ2) is 13.2. The minimum Gasteiger partial charge on any atom is -0.497 e. The average molecular weight is 481 g/mol. The van der Waals surface area contributed by atoms with Gasteiger partial charge in [0.1, 0.15) is 17.5 Å². The first kappa shape index (κ1) is 25.8. The number of carbonyl (C=O) groups is 2. The number of rotatable bonds is 12. The Hall–Kier alpha value is -2.44. The van der Waals surface area contributed by atoms with E-state index in [1.54, 1.807) is 37.1 Å². The molecule has 0 saturated heterocycles. The molecule has 1 N–H and O–H groups in total. The summed E-state index contributed by atoms with van der Waals surface area (Å²) in [5.74, 6) is 1.11. The first-order valence-corrected chi connectivity index (χ1v) is 11.4. The molecule has 2 rings (SSSR count). The number of benzene rings is 2. The van der Waals surface area contributed by atoms with E-state index < -0.39 is 6.04 Å². The lowest BCUT2D eigenvalue weighted by Crippen LogP contribution is -2.47. The molecule has 0 saturated carbocycles. The summed E-state index contributed by atoms with van der Waals surface area (Å²) in [5.41, 5.74) is 0.731. The van der Waals surface area contributed by atoms with E-state index in [2.05, 4.69) is 5.32 Å². The number of ether oxygens (including phenoxy) is 2. The molecule has 2 aromatic carbocycles. The van der Waals surface area contributed by atoms with Crippen LogP contribution in [-0.4, -0.2) is 43.0 Å². The Balaban J connectivity index is 2.00. The van der Waals surface area contributed by atoms with Crippen molar-refractivity contribution in [2.24, 2.45) is 0 Å². The van der Waals surface area contributed by atoms with Gasteiger partial charge in [-0.1, -0.05) is 36.2 Å². The van der Waals surface area contributed by atoms with Gasteiger partial charge in [-0.3, -0.25) is 9.59 Å². The van der Waals surface area contributed by atoms with E-state index in [1.807, 2.05) is 31.2 Å². The van der Waals surface area contributed by atoms with Gasteiger partial charge >= 0.3 is 0 Å². The highest BCUT2D eigenvalue weighted by atomic mass is 35.5. The molecule has 32 heavy (non-hydrogen) atoms. The number of nitrogens with zero attached hydrogens (tertiary/aromatic N) is 1. The monoisotopic (exact) mass is 480 g/mol. The van der Waals surface area contributed by atoms with Crippen molar-refractivity contribution < 1.29 is 19.1 Å². The van der Waals surface area contributed by atoms with Gasteiger partial charge in [0.05, 0.1) is 13.7 Å². The zero-order valence-electron chi connectivity index (χ0n) is 18.7. The Bertz CT molecular complexity index is 890. The normalized spacial score (nSPS) is 11.5. The van der Waals surface area contributed by atoms with E-state index in [0.717, 1.165) is 17.7 Å². The van der Waals surface area contributed by atoms with Crippen LogP contribution in [0.2, 0.25) is 10.0 Å². The standard InChI is InChI=1S/C24H30Cl2N2O4/c1-4-13-27-24(30)17(2)28(16-18-7-8-19(25)15-22(18)26)23(29)6-5-14-32-21-11-9-20(31-3)10-12-21/h7-12,15,17H,4-6,13-14,16H2,1-3H3,(H,27,30)/t17-/m1/s1. The maximum Gasteiger partial charge on any atom is 0.242 e. The summed E-state index contributed by atoms with van der Waals surface area (Å²) >= 11 is 12.3. The van der Waals surface area contributed by atoms with Gasteiger partial charge in [0.25, 0.3) is 0 Å². The molecule has 0 fully saturated rings. The largest absolute Gasteiger partial charge is 0.497 e. The zero-order valence-corrected chi connectivity index (χ0v) is 20.2. The summed E-state index contributed by atoms with van der Waals surface area (Å²) in [5, 5.41) is 3.83. The van der Waals surface area contributed by atoms with Crippen LogP contribution in [0.1, 0.15) is 38.7 Å². The molecule has 174 valence electrons. The lowest BCUT2D eigenvalue weighted by Gasteiger charge is -2.29. The highest BCUT2D eigenvalue weighted by Gasteiger charge is 2.26. The van der Waals surface area contributed by atoms with Crippen molar-refractivity contribution in [3.05, 3.63) is 58.1 Å². The van der Waals surface area contributed by atoms with Crippen molar-refractivity contribution in [3.63, 3.8) is 0 Å².